The predicted molar refractivity (Wildman–Crippen MR) is 75.4 cm³/mol. The molecule has 0 atom stereocenters. The molecule has 0 amide bonds. The number of benzene rings is 2. The molecule has 0 bridgehead atoms. The van der Waals surface area contributed by atoms with Crippen LogP contribution in [-0.2, 0) is 0 Å². The number of nitrogens with zero attached hydrogens (tertiary/aromatic N) is 2. The van der Waals surface area contributed by atoms with Crippen molar-refractivity contribution >= 4 is 17.0 Å². The molecule has 1 N–H and O–H groups in total. The molecule has 0 saturated carbocycles. The van der Waals surface area contributed by atoms with E-state index >= 15 is 0 Å². The summed E-state index contributed by atoms with van der Waals surface area (Å²) in [6, 6.07) is 16.5. The fourth-order valence-corrected chi connectivity index (χ4v) is 2.25. The highest BCUT2D eigenvalue weighted by Gasteiger charge is 2.11. The topological polar surface area (TPSA) is 29.9 Å². The Morgan fingerprint density at radius 2 is 1.72 bits per heavy atom. The predicted octanol–water partition coefficient (Wildman–Crippen LogP) is 3.38. The van der Waals surface area contributed by atoms with Crippen LogP contribution >= 0.6 is 0 Å². The Morgan fingerprint density at radius 1 is 1.00 bits per heavy atom. The monoisotopic (exact) mass is 237 g/mol. The van der Waals surface area contributed by atoms with E-state index in [2.05, 4.69) is 52.1 Å². The van der Waals surface area contributed by atoms with Gasteiger partial charge < -0.3 is 5.32 Å². The highest BCUT2D eigenvalue weighted by atomic mass is 15.2. The molecule has 2 aromatic carbocycles. The number of aromatic nitrogens is 2. The summed E-state index contributed by atoms with van der Waals surface area (Å²) < 4.78 is 2.16. The van der Waals surface area contributed by atoms with Crippen molar-refractivity contribution in [1.29, 1.82) is 0 Å². The van der Waals surface area contributed by atoms with Crippen molar-refractivity contribution in [3.05, 3.63) is 54.1 Å². The normalized spacial score (nSPS) is 10.8. The third-order valence-corrected chi connectivity index (χ3v) is 3.14. The average molecular weight is 237 g/mol. The minimum atomic E-state index is 0.866. The Labute approximate surface area is 106 Å². The number of para-hydroxylation sites is 3. The Balaban J connectivity index is 2.37. The number of aryl methyl sites for hydroxylation is 1. The smallest absolute Gasteiger partial charge is 0.208 e. The maximum atomic E-state index is 4.60. The van der Waals surface area contributed by atoms with E-state index in [1.165, 1.54) is 5.56 Å². The van der Waals surface area contributed by atoms with Gasteiger partial charge in [0.05, 0.1) is 16.7 Å². The van der Waals surface area contributed by atoms with Crippen LogP contribution < -0.4 is 5.32 Å². The molecule has 0 aliphatic carbocycles. The van der Waals surface area contributed by atoms with Crippen LogP contribution in [0, 0.1) is 6.92 Å². The average Bonchev–Trinajstić information content (AvgIpc) is 2.78. The fraction of sp³-hybridized carbons (Fsp3) is 0.133. The Kier molecular flexibility index (Phi) is 2.52. The van der Waals surface area contributed by atoms with Crippen LogP contribution in [0.4, 0.5) is 5.95 Å². The number of anilines is 1. The minimum Gasteiger partial charge on any atom is -0.358 e. The summed E-state index contributed by atoms with van der Waals surface area (Å²) >= 11 is 0. The molecule has 1 aromatic heterocycles. The van der Waals surface area contributed by atoms with Crippen molar-refractivity contribution in [2.24, 2.45) is 0 Å². The standard InChI is InChI=1S/C15H15N3/c1-11-7-3-5-9-13(11)18-14-10-6-4-8-12(14)17-15(18)16-2/h3-10H,1-2H3,(H,16,17). The lowest BCUT2D eigenvalue weighted by Gasteiger charge is -2.11. The van der Waals surface area contributed by atoms with Gasteiger partial charge in [-0.2, -0.15) is 0 Å². The molecule has 3 nitrogen and oxygen atoms in total. The largest absolute Gasteiger partial charge is 0.358 e. The van der Waals surface area contributed by atoms with E-state index in [-0.39, 0.29) is 0 Å². The molecule has 0 radical (unpaired) electrons. The molecule has 18 heavy (non-hydrogen) atoms. The van der Waals surface area contributed by atoms with Gasteiger partial charge in [-0.05, 0) is 30.7 Å². The summed E-state index contributed by atoms with van der Waals surface area (Å²) in [7, 11) is 1.90. The Hall–Kier alpha value is -2.29. The second-order valence-electron chi connectivity index (χ2n) is 4.30. The zero-order valence-corrected chi connectivity index (χ0v) is 10.5. The van der Waals surface area contributed by atoms with Gasteiger partial charge >= 0.3 is 0 Å². The summed E-state index contributed by atoms with van der Waals surface area (Å²) in [6.07, 6.45) is 0. The first-order valence-electron chi connectivity index (χ1n) is 6.02. The molecule has 0 spiro atoms. The first-order valence-corrected chi connectivity index (χ1v) is 6.02. The Morgan fingerprint density at radius 3 is 2.50 bits per heavy atom. The SMILES string of the molecule is CNc1nc2ccccc2n1-c1ccccc1C. The number of imidazole rings is 1. The molecular formula is C15H15N3. The lowest BCUT2D eigenvalue weighted by molar-refractivity contribution is 1.07. The molecule has 0 saturated heterocycles. The van der Waals surface area contributed by atoms with Gasteiger partial charge in [-0.15, -0.1) is 0 Å². The van der Waals surface area contributed by atoms with E-state index < -0.39 is 0 Å². The summed E-state index contributed by atoms with van der Waals surface area (Å²) in [5.74, 6) is 0.866. The maximum Gasteiger partial charge on any atom is 0.208 e. The molecule has 3 aromatic rings. The zero-order valence-electron chi connectivity index (χ0n) is 10.5. The Bertz CT molecular complexity index is 698. The van der Waals surface area contributed by atoms with E-state index in [1.807, 2.05) is 25.2 Å². The third kappa shape index (κ3) is 1.56. The minimum absolute atomic E-state index is 0.866. The zero-order chi connectivity index (χ0) is 12.5. The van der Waals surface area contributed by atoms with Crippen LogP contribution in [0.2, 0.25) is 0 Å². The van der Waals surface area contributed by atoms with Gasteiger partial charge in [0.25, 0.3) is 0 Å². The van der Waals surface area contributed by atoms with Gasteiger partial charge in [0, 0.05) is 7.05 Å². The second kappa shape index (κ2) is 4.18. The number of hydrogen-bond acceptors (Lipinski definition) is 2. The van der Waals surface area contributed by atoms with Crippen LogP contribution in [-0.4, -0.2) is 16.6 Å². The maximum absolute atomic E-state index is 4.60. The lowest BCUT2D eigenvalue weighted by atomic mass is 10.2. The van der Waals surface area contributed by atoms with E-state index in [9.17, 15) is 0 Å². The molecule has 3 rings (SSSR count). The van der Waals surface area contributed by atoms with Gasteiger partial charge in [-0.25, -0.2) is 4.98 Å². The molecule has 0 fully saturated rings. The van der Waals surface area contributed by atoms with Crippen LogP contribution in [0.5, 0.6) is 0 Å². The van der Waals surface area contributed by atoms with E-state index in [0.717, 1.165) is 22.7 Å². The van der Waals surface area contributed by atoms with E-state index in [1.54, 1.807) is 0 Å². The first-order chi connectivity index (χ1) is 8.81. The molecule has 1 heterocycles. The van der Waals surface area contributed by atoms with Gasteiger partial charge in [0.1, 0.15) is 0 Å². The summed E-state index contributed by atoms with van der Waals surface area (Å²) in [5, 5.41) is 3.16. The van der Waals surface area contributed by atoms with Crippen LogP contribution in [0.15, 0.2) is 48.5 Å². The molecule has 0 aliphatic rings. The molecule has 90 valence electrons. The van der Waals surface area contributed by atoms with Crippen LogP contribution in [0.1, 0.15) is 5.56 Å². The van der Waals surface area contributed by atoms with Crippen LogP contribution in [0.25, 0.3) is 16.7 Å². The number of rotatable bonds is 2. The van der Waals surface area contributed by atoms with E-state index in [4.69, 9.17) is 0 Å². The van der Waals surface area contributed by atoms with Gasteiger partial charge in [-0.1, -0.05) is 30.3 Å². The van der Waals surface area contributed by atoms with Crippen molar-refractivity contribution in [2.45, 2.75) is 6.92 Å². The first kappa shape index (κ1) is 10.8. The van der Waals surface area contributed by atoms with Crippen molar-refractivity contribution < 1.29 is 0 Å². The summed E-state index contributed by atoms with van der Waals surface area (Å²) in [6.45, 7) is 2.11. The van der Waals surface area contributed by atoms with Crippen molar-refractivity contribution in [3.8, 4) is 5.69 Å². The van der Waals surface area contributed by atoms with Gasteiger partial charge in [-0.3, -0.25) is 4.57 Å². The summed E-state index contributed by atoms with van der Waals surface area (Å²) in [5.41, 5.74) is 4.52. The number of fused-ring (bicyclic) bond motifs is 1. The van der Waals surface area contributed by atoms with Gasteiger partial charge in [0.2, 0.25) is 5.95 Å². The van der Waals surface area contributed by atoms with Gasteiger partial charge in [0.15, 0.2) is 0 Å². The van der Waals surface area contributed by atoms with Crippen LogP contribution in [0.3, 0.4) is 0 Å². The lowest BCUT2D eigenvalue weighted by Crippen LogP contribution is -2.02. The number of hydrogen-bond donors (Lipinski definition) is 1. The number of nitrogens with one attached hydrogen (secondary N) is 1. The van der Waals surface area contributed by atoms with Crippen molar-refractivity contribution in [3.63, 3.8) is 0 Å². The molecular weight excluding hydrogens is 222 g/mol. The van der Waals surface area contributed by atoms with Crippen molar-refractivity contribution in [2.75, 3.05) is 12.4 Å². The summed E-state index contributed by atoms with van der Waals surface area (Å²) in [4.78, 5) is 4.60. The second-order valence-corrected chi connectivity index (χ2v) is 4.30. The fourth-order valence-electron chi connectivity index (χ4n) is 2.25. The molecule has 0 aliphatic heterocycles. The quantitative estimate of drug-likeness (QED) is 0.740. The molecule has 0 unspecified atom stereocenters. The third-order valence-electron chi connectivity index (χ3n) is 3.14. The van der Waals surface area contributed by atoms with Crippen molar-refractivity contribution in [1.82, 2.24) is 9.55 Å². The highest BCUT2D eigenvalue weighted by Crippen LogP contribution is 2.25. The highest BCUT2D eigenvalue weighted by molar-refractivity contribution is 5.81. The molecule has 3 heteroatoms. The van der Waals surface area contributed by atoms with E-state index in [0.29, 0.717) is 0 Å².